The Labute approximate surface area is 177 Å². The zero-order valence-corrected chi connectivity index (χ0v) is 17.9. The molecule has 3 aromatic rings. The fourth-order valence-corrected chi connectivity index (χ4v) is 5.02. The van der Waals surface area contributed by atoms with E-state index in [4.69, 9.17) is 0 Å². The average molecular weight is 443 g/mol. The van der Waals surface area contributed by atoms with Crippen LogP contribution in [0.2, 0.25) is 0 Å². The van der Waals surface area contributed by atoms with Gasteiger partial charge in [0, 0.05) is 10.9 Å². The molecule has 0 spiro atoms. The van der Waals surface area contributed by atoms with Crippen molar-refractivity contribution in [2.24, 2.45) is 0 Å². The van der Waals surface area contributed by atoms with Gasteiger partial charge in [0.05, 0.1) is 15.4 Å². The number of allylic oxidation sites excluding steroid dienone is 2. The van der Waals surface area contributed by atoms with E-state index < -0.39 is 44.2 Å². The number of hydrogen-bond acceptors (Lipinski definition) is 4. The average Bonchev–Trinajstić information content (AvgIpc) is 2.68. The van der Waals surface area contributed by atoms with Gasteiger partial charge in [-0.25, -0.2) is 8.42 Å². The van der Waals surface area contributed by atoms with Crippen LogP contribution in [0.4, 0.5) is 0 Å². The third-order valence-corrected chi connectivity index (χ3v) is 6.32. The van der Waals surface area contributed by atoms with Crippen LogP contribution in [0.15, 0.2) is 70.5 Å². The first-order chi connectivity index (χ1) is 14.1. The van der Waals surface area contributed by atoms with Crippen LogP contribution >= 0.6 is 0 Å². The normalized spacial score (nSPS) is 13.2. The first-order valence-corrected chi connectivity index (χ1v) is 10.9. The number of ketones is 2. The molecular weight excluding hydrogens is 424 g/mol. The smallest absolute Gasteiger partial charge is 0.190 e. The summed E-state index contributed by atoms with van der Waals surface area (Å²) < 4.78 is 44.5. The molecule has 0 aliphatic heterocycles. The highest BCUT2D eigenvalue weighted by molar-refractivity contribution is 7.82. The number of benzene rings is 3. The molecule has 0 aromatic heterocycles. The number of carbonyl (C=O) groups is 2. The van der Waals surface area contributed by atoms with Crippen molar-refractivity contribution < 1.29 is 27.1 Å². The molecule has 2 N–H and O–H groups in total. The Kier molecular flexibility index (Phi) is 5.96. The molecule has 0 saturated heterocycles. The quantitative estimate of drug-likeness (QED) is 0.248. The second kappa shape index (κ2) is 8.16. The maximum absolute atomic E-state index is 13.1. The van der Waals surface area contributed by atoms with E-state index in [9.17, 15) is 27.1 Å². The van der Waals surface area contributed by atoms with Crippen molar-refractivity contribution in [2.45, 2.75) is 23.6 Å². The minimum Gasteiger partial charge on any atom is -0.302 e. The second-order valence-corrected chi connectivity index (χ2v) is 8.68. The topological polar surface area (TPSA) is 109 Å². The standard InChI is InChI=1S/C22H18O6S2/c1-11(2)19(23)17-15-9-13-7-5-6-8-14(13)10-16(15)21(29(25)26)22(30(27)28)18(17)20(24)12(3)4/h5-10H,1,3H2,2,4H3,(H,25,26)(H,27,28). The number of Topliss-reactive ketones (excluding diaryl/α,β-unsaturated/α-hetero) is 2. The fraction of sp³-hybridized carbons (Fsp3) is 0.0909. The third-order valence-electron chi connectivity index (χ3n) is 4.66. The molecule has 3 rings (SSSR count). The molecule has 0 aliphatic carbocycles. The van der Waals surface area contributed by atoms with E-state index in [0.29, 0.717) is 5.39 Å². The van der Waals surface area contributed by atoms with Gasteiger partial charge in [-0.05, 0) is 53.3 Å². The summed E-state index contributed by atoms with van der Waals surface area (Å²) in [5.41, 5.74) is -0.431. The van der Waals surface area contributed by atoms with E-state index in [2.05, 4.69) is 13.2 Å². The van der Waals surface area contributed by atoms with Crippen molar-refractivity contribution in [2.75, 3.05) is 0 Å². The zero-order chi connectivity index (χ0) is 22.3. The lowest BCUT2D eigenvalue weighted by Crippen LogP contribution is -2.17. The molecule has 0 fully saturated rings. The summed E-state index contributed by atoms with van der Waals surface area (Å²) in [6, 6.07) is 10.3. The molecule has 0 saturated carbocycles. The summed E-state index contributed by atoms with van der Waals surface area (Å²) >= 11 is -5.56. The maximum atomic E-state index is 13.1. The molecule has 0 radical (unpaired) electrons. The fourth-order valence-electron chi connectivity index (χ4n) is 3.34. The van der Waals surface area contributed by atoms with E-state index >= 15 is 0 Å². The molecule has 0 heterocycles. The Morgan fingerprint density at radius 3 is 1.63 bits per heavy atom. The SMILES string of the molecule is C=C(C)C(=O)c1c(S(=O)O)c(S(=O)O)c2cc3ccccc3cc2c1C(=O)C(=C)C. The van der Waals surface area contributed by atoms with Crippen LogP contribution in [0.25, 0.3) is 21.5 Å². The molecule has 2 unspecified atom stereocenters. The molecular formula is C22H18O6S2. The van der Waals surface area contributed by atoms with E-state index in [1.54, 1.807) is 36.4 Å². The summed E-state index contributed by atoms with van der Waals surface area (Å²) in [5, 5.41) is 1.77. The summed E-state index contributed by atoms with van der Waals surface area (Å²) in [6.07, 6.45) is 0. The molecule has 30 heavy (non-hydrogen) atoms. The Hall–Kier alpha value is -2.78. The predicted octanol–water partition coefficient (Wildman–Crippen LogP) is 4.67. The van der Waals surface area contributed by atoms with Gasteiger partial charge in [0.1, 0.15) is 0 Å². The van der Waals surface area contributed by atoms with E-state index in [1.807, 2.05) is 0 Å². The highest BCUT2D eigenvalue weighted by Gasteiger charge is 2.32. The zero-order valence-electron chi connectivity index (χ0n) is 16.2. The lowest BCUT2D eigenvalue weighted by Gasteiger charge is -2.19. The highest BCUT2D eigenvalue weighted by atomic mass is 32.2. The van der Waals surface area contributed by atoms with Crippen molar-refractivity contribution in [1.82, 2.24) is 0 Å². The van der Waals surface area contributed by atoms with Crippen molar-refractivity contribution in [3.8, 4) is 0 Å². The van der Waals surface area contributed by atoms with Crippen LogP contribution in [0, 0.1) is 0 Å². The summed E-state index contributed by atoms with van der Waals surface area (Å²) in [7, 11) is 0. The Balaban J connectivity index is 2.76. The van der Waals surface area contributed by atoms with Crippen LogP contribution in [0.1, 0.15) is 34.6 Å². The Bertz CT molecular complexity index is 1340. The minimum absolute atomic E-state index is 0.00674. The minimum atomic E-state index is -2.84. The van der Waals surface area contributed by atoms with E-state index in [1.165, 1.54) is 13.8 Å². The van der Waals surface area contributed by atoms with Crippen molar-refractivity contribution in [3.05, 3.63) is 71.8 Å². The van der Waals surface area contributed by atoms with Crippen LogP contribution in [0.5, 0.6) is 0 Å². The maximum Gasteiger partial charge on any atom is 0.190 e. The van der Waals surface area contributed by atoms with Gasteiger partial charge in [-0.15, -0.1) is 0 Å². The van der Waals surface area contributed by atoms with Crippen LogP contribution in [0.3, 0.4) is 0 Å². The van der Waals surface area contributed by atoms with Gasteiger partial charge in [0.15, 0.2) is 33.7 Å². The predicted molar refractivity (Wildman–Crippen MR) is 118 cm³/mol. The number of rotatable bonds is 6. The van der Waals surface area contributed by atoms with E-state index in [0.717, 1.165) is 5.39 Å². The first kappa shape index (κ1) is 21.9. The van der Waals surface area contributed by atoms with Gasteiger partial charge in [-0.1, -0.05) is 37.4 Å². The Morgan fingerprint density at radius 2 is 1.20 bits per heavy atom. The van der Waals surface area contributed by atoms with Crippen LogP contribution in [-0.4, -0.2) is 29.1 Å². The van der Waals surface area contributed by atoms with Crippen molar-refractivity contribution in [1.29, 1.82) is 0 Å². The van der Waals surface area contributed by atoms with Crippen molar-refractivity contribution >= 4 is 55.3 Å². The van der Waals surface area contributed by atoms with Gasteiger partial charge in [-0.2, -0.15) is 0 Å². The molecule has 3 aromatic carbocycles. The molecule has 154 valence electrons. The summed E-state index contributed by atoms with van der Waals surface area (Å²) in [5.74, 6) is -1.37. The van der Waals surface area contributed by atoms with E-state index in [-0.39, 0.29) is 32.4 Å². The lowest BCUT2D eigenvalue weighted by atomic mass is 9.88. The number of fused-ring (bicyclic) bond motifs is 2. The monoisotopic (exact) mass is 442 g/mol. The summed E-state index contributed by atoms with van der Waals surface area (Å²) in [4.78, 5) is 25.1. The van der Waals surface area contributed by atoms with Gasteiger partial charge in [-0.3, -0.25) is 9.59 Å². The highest BCUT2D eigenvalue weighted by Crippen LogP contribution is 2.38. The lowest BCUT2D eigenvalue weighted by molar-refractivity contribution is 0.0998. The molecule has 0 bridgehead atoms. The first-order valence-electron chi connectivity index (χ1n) is 8.70. The molecule has 0 amide bonds. The Morgan fingerprint density at radius 1 is 0.767 bits per heavy atom. The molecule has 8 heteroatoms. The largest absolute Gasteiger partial charge is 0.302 e. The van der Waals surface area contributed by atoms with Crippen molar-refractivity contribution in [3.63, 3.8) is 0 Å². The van der Waals surface area contributed by atoms with Gasteiger partial charge in [0.2, 0.25) is 0 Å². The van der Waals surface area contributed by atoms with Gasteiger partial charge in [0.25, 0.3) is 0 Å². The molecule has 2 atom stereocenters. The van der Waals surface area contributed by atoms with Crippen LogP contribution < -0.4 is 0 Å². The summed E-state index contributed by atoms with van der Waals surface area (Å²) in [6.45, 7) is 10.1. The van der Waals surface area contributed by atoms with Gasteiger partial charge < -0.3 is 9.11 Å². The van der Waals surface area contributed by atoms with Crippen LogP contribution in [-0.2, 0) is 22.2 Å². The molecule has 0 aliphatic rings. The molecule has 6 nitrogen and oxygen atoms in total. The number of carbonyl (C=O) groups excluding carboxylic acids is 2. The second-order valence-electron chi connectivity index (χ2n) is 6.87. The third kappa shape index (κ3) is 3.59. The number of hydrogen-bond donors (Lipinski definition) is 2. The van der Waals surface area contributed by atoms with Gasteiger partial charge >= 0.3 is 0 Å².